The van der Waals surface area contributed by atoms with Gasteiger partial charge >= 0.3 is 0 Å². The van der Waals surface area contributed by atoms with Gasteiger partial charge in [-0.05, 0) is 26.0 Å². The van der Waals surface area contributed by atoms with E-state index in [1.807, 2.05) is 39.1 Å². The Morgan fingerprint density at radius 3 is 2.84 bits per heavy atom. The van der Waals surface area contributed by atoms with Crippen LogP contribution in [0.25, 0.3) is 0 Å². The fourth-order valence-electron chi connectivity index (χ4n) is 1.69. The number of hydrogen-bond acceptors (Lipinski definition) is 5. The fourth-order valence-corrected chi connectivity index (χ4v) is 1.69. The van der Waals surface area contributed by atoms with Crippen LogP contribution in [0.1, 0.15) is 19.7 Å². The number of rotatable bonds is 5. The van der Waals surface area contributed by atoms with Crippen molar-refractivity contribution in [2.24, 2.45) is 7.05 Å². The highest BCUT2D eigenvalue weighted by Gasteiger charge is 2.08. The maximum Gasteiger partial charge on any atom is 0.169 e. The lowest BCUT2D eigenvalue weighted by Crippen LogP contribution is -2.09. The molecule has 1 aromatic carbocycles. The third kappa shape index (κ3) is 3.37. The summed E-state index contributed by atoms with van der Waals surface area (Å²) < 4.78 is 7.31. The first-order chi connectivity index (χ1) is 9.06. The van der Waals surface area contributed by atoms with E-state index in [1.54, 1.807) is 11.0 Å². The van der Waals surface area contributed by atoms with Crippen LogP contribution in [0.15, 0.2) is 24.5 Å². The van der Waals surface area contributed by atoms with Crippen molar-refractivity contribution in [2.75, 3.05) is 11.1 Å². The summed E-state index contributed by atoms with van der Waals surface area (Å²) >= 11 is 0. The van der Waals surface area contributed by atoms with E-state index in [2.05, 4.69) is 15.4 Å². The van der Waals surface area contributed by atoms with Gasteiger partial charge in [0.2, 0.25) is 0 Å². The second-order valence-corrected chi connectivity index (χ2v) is 4.57. The van der Waals surface area contributed by atoms with Crippen molar-refractivity contribution in [3.8, 4) is 5.75 Å². The number of nitrogens with one attached hydrogen (secondary N) is 1. The zero-order valence-electron chi connectivity index (χ0n) is 11.4. The molecule has 6 heteroatoms. The molecule has 3 N–H and O–H groups in total. The van der Waals surface area contributed by atoms with Crippen LogP contribution in [0.4, 0.5) is 11.4 Å². The van der Waals surface area contributed by atoms with Gasteiger partial charge in [-0.1, -0.05) is 6.07 Å². The second-order valence-electron chi connectivity index (χ2n) is 4.57. The molecule has 1 aromatic heterocycles. The standard InChI is InChI=1S/C13H19N5O/c1-9(2)19-11-6-4-5-10(13(11)14)15-7-12-16-8-18(3)17-12/h4-6,8-9,15H,7,14H2,1-3H3. The zero-order chi connectivity index (χ0) is 13.8. The molecule has 0 saturated heterocycles. The molecular formula is C13H19N5O. The first-order valence-corrected chi connectivity index (χ1v) is 6.20. The average Bonchev–Trinajstić information content (AvgIpc) is 2.76. The number of aromatic nitrogens is 3. The number of aryl methyl sites for hydroxylation is 1. The Morgan fingerprint density at radius 2 is 2.21 bits per heavy atom. The number of nitrogens with two attached hydrogens (primary N) is 1. The van der Waals surface area contributed by atoms with Crippen LogP contribution in [0.5, 0.6) is 5.75 Å². The summed E-state index contributed by atoms with van der Waals surface area (Å²) in [6.07, 6.45) is 1.76. The van der Waals surface area contributed by atoms with Crippen molar-refractivity contribution in [3.63, 3.8) is 0 Å². The monoisotopic (exact) mass is 261 g/mol. The van der Waals surface area contributed by atoms with E-state index in [9.17, 15) is 0 Å². The minimum Gasteiger partial charge on any atom is -0.489 e. The van der Waals surface area contributed by atoms with Crippen molar-refractivity contribution >= 4 is 11.4 Å². The predicted molar refractivity (Wildman–Crippen MR) is 74.9 cm³/mol. The lowest BCUT2D eigenvalue weighted by molar-refractivity contribution is 0.244. The highest BCUT2D eigenvalue weighted by atomic mass is 16.5. The summed E-state index contributed by atoms with van der Waals surface area (Å²) in [5.74, 6) is 1.41. The number of para-hydroxylation sites is 1. The van der Waals surface area contributed by atoms with Gasteiger partial charge < -0.3 is 15.8 Å². The number of nitrogens with zero attached hydrogens (tertiary/aromatic N) is 3. The van der Waals surface area contributed by atoms with Crippen molar-refractivity contribution in [2.45, 2.75) is 26.5 Å². The van der Waals surface area contributed by atoms with E-state index in [-0.39, 0.29) is 6.10 Å². The number of hydrogen-bond donors (Lipinski definition) is 2. The second kappa shape index (κ2) is 5.60. The van der Waals surface area contributed by atoms with Gasteiger partial charge in [0.15, 0.2) is 5.82 Å². The Hall–Kier alpha value is -2.24. The van der Waals surface area contributed by atoms with Crippen molar-refractivity contribution in [3.05, 3.63) is 30.4 Å². The van der Waals surface area contributed by atoms with E-state index in [0.717, 1.165) is 11.5 Å². The molecule has 0 radical (unpaired) electrons. The molecule has 0 spiro atoms. The number of benzene rings is 1. The molecule has 0 atom stereocenters. The van der Waals surface area contributed by atoms with E-state index in [0.29, 0.717) is 18.0 Å². The van der Waals surface area contributed by atoms with Crippen molar-refractivity contribution in [1.82, 2.24) is 14.8 Å². The summed E-state index contributed by atoms with van der Waals surface area (Å²) in [6, 6.07) is 5.67. The fraction of sp³-hybridized carbons (Fsp3) is 0.385. The average molecular weight is 261 g/mol. The van der Waals surface area contributed by atoms with Crippen LogP contribution in [-0.4, -0.2) is 20.9 Å². The third-order valence-corrected chi connectivity index (χ3v) is 2.51. The van der Waals surface area contributed by atoms with Gasteiger partial charge in [-0.2, -0.15) is 5.10 Å². The number of anilines is 2. The van der Waals surface area contributed by atoms with Crippen LogP contribution in [0, 0.1) is 0 Å². The topological polar surface area (TPSA) is 78.0 Å². The van der Waals surface area contributed by atoms with E-state index in [1.165, 1.54) is 0 Å². The molecule has 2 aromatic rings. The van der Waals surface area contributed by atoms with Gasteiger partial charge in [-0.15, -0.1) is 0 Å². The van der Waals surface area contributed by atoms with Crippen LogP contribution in [0.3, 0.4) is 0 Å². The largest absolute Gasteiger partial charge is 0.489 e. The van der Waals surface area contributed by atoms with Crippen LogP contribution in [0.2, 0.25) is 0 Å². The molecule has 0 saturated carbocycles. The van der Waals surface area contributed by atoms with Gasteiger partial charge in [0, 0.05) is 7.05 Å². The van der Waals surface area contributed by atoms with Gasteiger partial charge in [0.05, 0.1) is 24.0 Å². The molecule has 0 aliphatic carbocycles. The third-order valence-electron chi connectivity index (χ3n) is 2.51. The van der Waals surface area contributed by atoms with Crippen LogP contribution < -0.4 is 15.8 Å². The van der Waals surface area contributed by atoms with Crippen LogP contribution in [-0.2, 0) is 13.6 Å². The molecule has 0 aliphatic heterocycles. The molecule has 0 fully saturated rings. The molecule has 1 heterocycles. The molecule has 0 amide bonds. The van der Waals surface area contributed by atoms with Crippen molar-refractivity contribution in [1.29, 1.82) is 0 Å². The van der Waals surface area contributed by atoms with Gasteiger partial charge in [0.1, 0.15) is 12.1 Å². The first kappa shape index (κ1) is 13.2. The molecule has 2 rings (SSSR count). The Kier molecular flexibility index (Phi) is 3.89. The maximum atomic E-state index is 6.07. The number of nitrogen functional groups attached to an aromatic ring is 1. The van der Waals surface area contributed by atoms with E-state index < -0.39 is 0 Å². The predicted octanol–water partition coefficient (Wildman–Crippen LogP) is 1.80. The molecule has 102 valence electrons. The summed E-state index contributed by atoms with van der Waals surface area (Å²) in [5, 5.41) is 7.41. The first-order valence-electron chi connectivity index (χ1n) is 6.20. The van der Waals surface area contributed by atoms with E-state index >= 15 is 0 Å². The summed E-state index contributed by atoms with van der Waals surface area (Å²) in [7, 11) is 1.84. The Morgan fingerprint density at radius 1 is 1.42 bits per heavy atom. The summed E-state index contributed by atoms with van der Waals surface area (Å²) in [5.41, 5.74) is 7.50. The summed E-state index contributed by atoms with van der Waals surface area (Å²) in [6.45, 7) is 4.46. The van der Waals surface area contributed by atoms with E-state index in [4.69, 9.17) is 10.5 Å². The minimum absolute atomic E-state index is 0.0926. The zero-order valence-corrected chi connectivity index (χ0v) is 11.4. The van der Waals surface area contributed by atoms with Gasteiger partial charge in [-0.3, -0.25) is 4.68 Å². The Balaban J connectivity index is 2.08. The molecular weight excluding hydrogens is 242 g/mol. The lowest BCUT2D eigenvalue weighted by Gasteiger charge is -2.15. The molecule has 0 unspecified atom stereocenters. The van der Waals surface area contributed by atoms with Gasteiger partial charge in [0.25, 0.3) is 0 Å². The molecule has 19 heavy (non-hydrogen) atoms. The normalized spacial score (nSPS) is 10.7. The quantitative estimate of drug-likeness (QED) is 0.802. The maximum absolute atomic E-state index is 6.07. The smallest absolute Gasteiger partial charge is 0.169 e. The molecule has 0 bridgehead atoms. The Labute approximate surface area is 112 Å². The van der Waals surface area contributed by atoms with Gasteiger partial charge in [-0.25, -0.2) is 4.98 Å². The summed E-state index contributed by atoms with van der Waals surface area (Å²) in [4.78, 5) is 4.15. The lowest BCUT2D eigenvalue weighted by atomic mass is 10.2. The SMILES string of the molecule is CC(C)Oc1cccc(NCc2ncn(C)n2)c1N. The van der Waals surface area contributed by atoms with Crippen LogP contribution >= 0.6 is 0 Å². The molecule has 6 nitrogen and oxygen atoms in total. The molecule has 0 aliphatic rings. The Bertz CT molecular complexity index is 550. The minimum atomic E-state index is 0.0926. The van der Waals surface area contributed by atoms with Crippen molar-refractivity contribution < 1.29 is 4.74 Å². The number of ether oxygens (including phenoxy) is 1. The highest BCUT2D eigenvalue weighted by molar-refractivity contribution is 5.72. The highest BCUT2D eigenvalue weighted by Crippen LogP contribution is 2.30.